The van der Waals surface area contributed by atoms with E-state index >= 15 is 0 Å². The highest BCUT2D eigenvalue weighted by atomic mass is 16.6. The van der Waals surface area contributed by atoms with Gasteiger partial charge in [-0.3, -0.25) is 15.0 Å². The number of benzene rings is 1. The number of fused-ring (bicyclic) bond motifs is 1. The van der Waals surface area contributed by atoms with Gasteiger partial charge in [-0.05, 0) is 26.0 Å². The number of hydrogen-bond donors (Lipinski definition) is 0. The fourth-order valence-electron chi connectivity index (χ4n) is 3.04. The Hall–Kier alpha value is -2.72. The van der Waals surface area contributed by atoms with Crippen molar-refractivity contribution in [1.29, 1.82) is 5.26 Å². The molecule has 24 heavy (non-hydrogen) atoms. The molecule has 1 fully saturated rings. The number of nitrogens with zero attached hydrogens (tertiary/aromatic N) is 5. The largest absolute Gasteiger partial charge is 0.354 e. The first-order valence-electron chi connectivity index (χ1n) is 7.98. The number of nitro benzene ring substituents is 1. The summed E-state index contributed by atoms with van der Waals surface area (Å²) in [7, 11) is 0. The predicted octanol–water partition coefficient (Wildman–Crippen LogP) is 2.55. The van der Waals surface area contributed by atoms with Crippen molar-refractivity contribution < 1.29 is 4.92 Å². The summed E-state index contributed by atoms with van der Waals surface area (Å²) in [6.07, 6.45) is 0. The molecule has 1 aliphatic rings. The quantitative estimate of drug-likeness (QED) is 0.637. The van der Waals surface area contributed by atoms with Crippen LogP contribution in [0.25, 0.3) is 10.9 Å². The van der Waals surface area contributed by atoms with Crippen LogP contribution < -0.4 is 4.90 Å². The first-order valence-corrected chi connectivity index (χ1v) is 7.98. The van der Waals surface area contributed by atoms with E-state index in [0.717, 1.165) is 32.0 Å². The summed E-state index contributed by atoms with van der Waals surface area (Å²) in [4.78, 5) is 19.7. The molecule has 0 atom stereocenters. The second-order valence-electron chi connectivity index (χ2n) is 6.22. The summed E-state index contributed by atoms with van der Waals surface area (Å²) in [6, 6.07) is 8.86. The van der Waals surface area contributed by atoms with E-state index in [1.807, 2.05) is 0 Å². The van der Waals surface area contributed by atoms with Crippen LogP contribution in [0.5, 0.6) is 0 Å². The summed E-state index contributed by atoms with van der Waals surface area (Å²) < 4.78 is 0. The minimum atomic E-state index is -0.459. The highest BCUT2D eigenvalue weighted by Gasteiger charge is 2.21. The molecule has 7 heteroatoms. The third-order valence-corrected chi connectivity index (χ3v) is 4.48. The topological polar surface area (TPSA) is 86.3 Å². The third-order valence-electron chi connectivity index (χ3n) is 4.48. The van der Waals surface area contributed by atoms with Crippen molar-refractivity contribution in [3.63, 3.8) is 0 Å². The molecule has 1 aromatic carbocycles. The summed E-state index contributed by atoms with van der Waals surface area (Å²) >= 11 is 0. The highest BCUT2D eigenvalue weighted by Crippen LogP contribution is 2.27. The molecule has 0 N–H and O–H groups in total. The Balaban J connectivity index is 1.95. The van der Waals surface area contributed by atoms with Crippen molar-refractivity contribution >= 4 is 22.4 Å². The summed E-state index contributed by atoms with van der Waals surface area (Å²) in [6.45, 7) is 8.00. The van der Waals surface area contributed by atoms with Gasteiger partial charge >= 0.3 is 0 Å². The van der Waals surface area contributed by atoms with Crippen molar-refractivity contribution in [2.75, 3.05) is 31.1 Å². The van der Waals surface area contributed by atoms with Crippen LogP contribution in [-0.2, 0) is 0 Å². The van der Waals surface area contributed by atoms with E-state index in [2.05, 4.69) is 34.7 Å². The van der Waals surface area contributed by atoms with E-state index in [4.69, 9.17) is 0 Å². The van der Waals surface area contributed by atoms with Gasteiger partial charge in [0.2, 0.25) is 0 Å². The molecular formula is C17H19N5O2. The average Bonchev–Trinajstić information content (AvgIpc) is 2.60. The molecule has 1 aliphatic heterocycles. The number of rotatable bonds is 3. The van der Waals surface area contributed by atoms with Crippen LogP contribution in [0.4, 0.5) is 11.5 Å². The molecule has 124 valence electrons. The molecule has 7 nitrogen and oxygen atoms in total. The maximum Gasteiger partial charge on any atom is 0.270 e. The Morgan fingerprint density at radius 1 is 1.25 bits per heavy atom. The van der Waals surface area contributed by atoms with E-state index in [1.165, 1.54) is 12.1 Å². The van der Waals surface area contributed by atoms with Crippen LogP contribution in [0.2, 0.25) is 0 Å². The molecule has 0 spiro atoms. The van der Waals surface area contributed by atoms with Gasteiger partial charge in [-0.2, -0.15) is 5.26 Å². The number of hydrogen-bond acceptors (Lipinski definition) is 6. The van der Waals surface area contributed by atoms with Gasteiger partial charge in [0, 0.05) is 49.7 Å². The monoisotopic (exact) mass is 325 g/mol. The lowest BCUT2D eigenvalue weighted by atomic mass is 10.1. The molecule has 0 unspecified atom stereocenters. The van der Waals surface area contributed by atoms with Crippen LogP contribution in [0.15, 0.2) is 24.3 Å². The second kappa shape index (κ2) is 6.42. The van der Waals surface area contributed by atoms with Gasteiger partial charge in [-0.1, -0.05) is 0 Å². The Bertz CT molecular complexity index is 820. The Labute approximate surface area is 140 Å². The zero-order valence-electron chi connectivity index (χ0n) is 13.8. The number of piperazine rings is 1. The van der Waals surface area contributed by atoms with Crippen molar-refractivity contribution in [2.45, 2.75) is 19.9 Å². The smallest absolute Gasteiger partial charge is 0.270 e. The average molecular weight is 325 g/mol. The van der Waals surface area contributed by atoms with E-state index in [0.29, 0.717) is 22.5 Å². The molecule has 3 rings (SSSR count). The van der Waals surface area contributed by atoms with Gasteiger partial charge in [0.25, 0.3) is 5.69 Å². The van der Waals surface area contributed by atoms with Crippen molar-refractivity contribution in [2.24, 2.45) is 0 Å². The molecule has 1 aromatic heterocycles. The van der Waals surface area contributed by atoms with Crippen molar-refractivity contribution in [3.05, 3.63) is 39.9 Å². The SMILES string of the molecule is CC(C)N1CCN(c2cc(C#N)c3cc([N+](=O)[O-])ccc3n2)CC1. The van der Waals surface area contributed by atoms with Gasteiger partial charge < -0.3 is 4.90 Å². The molecule has 0 saturated carbocycles. The van der Waals surface area contributed by atoms with Gasteiger partial charge in [0.1, 0.15) is 5.82 Å². The number of anilines is 1. The van der Waals surface area contributed by atoms with E-state index in [9.17, 15) is 15.4 Å². The second-order valence-corrected chi connectivity index (χ2v) is 6.22. The number of aromatic nitrogens is 1. The lowest BCUT2D eigenvalue weighted by Crippen LogP contribution is -2.49. The van der Waals surface area contributed by atoms with E-state index in [1.54, 1.807) is 12.1 Å². The molecule has 1 saturated heterocycles. The maximum atomic E-state index is 10.9. The van der Waals surface area contributed by atoms with Gasteiger partial charge in [-0.25, -0.2) is 4.98 Å². The lowest BCUT2D eigenvalue weighted by molar-refractivity contribution is -0.384. The van der Waals surface area contributed by atoms with E-state index in [-0.39, 0.29) is 5.69 Å². The number of nitro groups is 1. The van der Waals surface area contributed by atoms with Crippen LogP contribution in [0, 0.1) is 21.4 Å². The Morgan fingerprint density at radius 3 is 2.54 bits per heavy atom. The summed E-state index contributed by atoms with van der Waals surface area (Å²) in [5.41, 5.74) is 1.00. The number of non-ortho nitro benzene ring substituents is 1. The number of nitriles is 1. The first kappa shape index (κ1) is 16.1. The first-order chi connectivity index (χ1) is 11.5. The minimum absolute atomic E-state index is 0.0286. The van der Waals surface area contributed by atoms with Crippen molar-refractivity contribution in [3.8, 4) is 6.07 Å². The Kier molecular flexibility index (Phi) is 4.32. The summed E-state index contributed by atoms with van der Waals surface area (Å²) in [5.74, 6) is 0.760. The number of pyridine rings is 1. The molecule has 0 radical (unpaired) electrons. The van der Waals surface area contributed by atoms with Crippen LogP contribution >= 0.6 is 0 Å². The van der Waals surface area contributed by atoms with Gasteiger partial charge in [0.05, 0.1) is 22.1 Å². The van der Waals surface area contributed by atoms with Gasteiger partial charge in [-0.15, -0.1) is 0 Å². The fourth-order valence-corrected chi connectivity index (χ4v) is 3.04. The standard InChI is InChI=1S/C17H19N5O2/c1-12(2)20-5-7-21(8-6-20)17-9-13(11-18)15-10-14(22(23)24)3-4-16(15)19-17/h3-4,9-10,12H,5-8H2,1-2H3. The summed E-state index contributed by atoms with van der Waals surface area (Å²) in [5, 5.41) is 20.9. The fraction of sp³-hybridized carbons (Fsp3) is 0.412. The minimum Gasteiger partial charge on any atom is -0.354 e. The Morgan fingerprint density at radius 2 is 1.96 bits per heavy atom. The van der Waals surface area contributed by atoms with E-state index < -0.39 is 4.92 Å². The third kappa shape index (κ3) is 3.01. The predicted molar refractivity (Wildman–Crippen MR) is 92.0 cm³/mol. The van der Waals surface area contributed by atoms with Crippen LogP contribution in [0.3, 0.4) is 0 Å². The molecule has 0 aliphatic carbocycles. The normalized spacial score (nSPS) is 15.7. The van der Waals surface area contributed by atoms with Crippen LogP contribution in [-0.4, -0.2) is 47.0 Å². The zero-order chi connectivity index (χ0) is 17.3. The lowest BCUT2D eigenvalue weighted by Gasteiger charge is -2.37. The van der Waals surface area contributed by atoms with Crippen molar-refractivity contribution in [1.82, 2.24) is 9.88 Å². The molecule has 0 bridgehead atoms. The van der Waals surface area contributed by atoms with Gasteiger partial charge in [0.15, 0.2) is 0 Å². The molecule has 2 aromatic rings. The molecule has 2 heterocycles. The molecular weight excluding hydrogens is 306 g/mol. The maximum absolute atomic E-state index is 10.9. The highest BCUT2D eigenvalue weighted by molar-refractivity contribution is 5.88. The van der Waals surface area contributed by atoms with Crippen LogP contribution in [0.1, 0.15) is 19.4 Å². The zero-order valence-corrected chi connectivity index (χ0v) is 13.8. The molecule has 0 amide bonds.